The van der Waals surface area contributed by atoms with E-state index in [9.17, 15) is 0 Å². The standard InChI is InChI=1S/C17H22N4O/c1-17(2,3)20-16-15(12-5-7-13(22-4)8-6-12)19-14-11-18-9-10-21(14)16/h5-11,15-16,20H,1-4H3. The van der Waals surface area contributed by atoms with Gasteiger partial charge in [-0.15, -0.1) is 0 Å². The van der Waals surface area contributed by atoms with E-state index in [0.29, 0.717) is 0 Å². The molecular weight excluding hydrogens is 276 g/mol. The second-order valence-corrected chi connectivity index (χ2v) is 6.53. The molecule has 1 aromatic rings. The normalized spacial score (nSPS) is 23.5. The Morgan fingerprint density at radius 3 is 2.55 bits per heavy atom. The van der Waals surface area contributed by atoms with Crippen molar-refractivity contribution in [2.45, 2.75) is 38.5 Å². The van der Waals surface area contributed by atoms with Gasteiger partial charge in [-0.05, 0) is 38.5 Å². The molecule has 0 aliphatic carbocycles. The number of benzene rings is 1. The van der Waals surface area contributed by atoms with Crippen molar-refractivity contribution in [1.82, 2.24) is 10.2 Å². The predicted octanol–water partition coefficient (Wildman–Crippen LogP) is 2.72. The van der Waals surface area contributed by atoms with Gasteiger partial charge in [-0.25, -0.2) is 0 Å². The lowest BCUT2D eigenvalue weighted by Crippen LogP contribution is -2.52. The number of rotatable bonds is 3. The summed E-state index contributed by atoms with van der Waals surface area (Å²) in [5.41, 5.74) is 1.15. The summed E-state index contributed by atoms with van der Waals surface area (Å²) in [6.07, 6.45) is 5.66. The van der Waals surface area contributed by atoms with E-state index in [1.165, 1.54) is 0 Å². The molecule has 2 aliphatic heterocycles. The van der Waals surface area contributed by atoms with Crippen LogP contribution in [-0.4, -0.2) is 35.8 Å². The maximum Gasteiger partial charge on any atom is 0.148 e. The van der Waals surface area contributed by atoms with Gasteiger partial charge >= 0.3 is 0 Å². The van der Waals surface area contributed by atoms with Crippen LogP contribution < -0.4 is 10.1 Å². The average molecular weight is 298 g/mol. The summed E-state index contributed by atoms with van der Waals surface area (Å²) in [7, 11) is 1.68. The van der Waals surface area contributed by atoms with E-state index in [0.717, 1.165) is 17.1 Å². The maximum atomic E-state index is 5.24. The minimum atomic E-state index is -0.0111. The Bertz CT molecular complexity index is 625. The fourth-order valence-electron chi connectivity index (χ4n) is 2.71. The van der Waals surface area contributed by atoms with Crippen LogP contribution in [0.4, 0.5) is 0 Å². The van der Waals surface area contributed by atoms with Crippen molar-refractivity contribution in [2.24, 2.45) is 9.98 Å². The van der Waals surface area contributed by atoms with Crippen molar-refractivity contribution in [1.29, 1.82) is 0 Å². The number of hydrogen-bond acceptors (Lipinski definition) is 5. The van der Waals surface area contributed by atoms with Crippen LogP contribution in [0.15, 0.2) is 46.7 Å². The molecule has 2 atom stereocenters. The van der Waals surface area contributed by atoms with Crippen LogP contribution in [-0.2, 0) is 0 Å². The molecule has 0 saturated heterocycles. The van der Waals surface area contributed by atoms with Gasteiger partial charge in [0.2, 0.25) is 0 Å². The molecule has 0 radical (unpaired) electrons. The summed E-state index contributed by atoms with van der Waals surface area (Å²) in [6.45, 7) is 6.49. The molecule has 1 N–H and O–H groups in total. The average Bonchev–Trinajstić information content (AvgIpc) is 2.84. The second kappa shape index (κ2) is 5.57. The van der Waals surface area contributed by atoms with Crippen LogP contribution >= 0.6 is 0 Å². The van der Waals surface area contributed by atoms with Crippen molar-refractivity contribution in [3.05, 3.63) is 42.2 Å². The zero-order chi connectivity index (χ0) is 15.7. The molecule has 0 amide bonds. The van der Waals surface area contributed by atoms with Crippen LogP contribution in [0.2, 0.25) is 0 Å². The van der Waals surface area contributed by atoms with Gasteiger partial charge in [-0.1, -0.05) is 12.1 Å². The zero-order valence-electron chi connectivity index (χ0n) is 13.4. The van der Waals surface area contributed by atoms with Crippen LogP contribution in [0.25, 0.3) is 0 Å². The van der Waals surface area contributed by atoms with Crippen molar-refractivity contribution < 1.29 is 4.74 Å². The second-order valence-electron chi connectivity index (χ2n) is 6.53. The van der Waals surface area contributed by atoms with E-state index < -0.39 is 0 Å². The minimum absolute atomic E-state index is 0.0111. The Morgan fingerprint density at radius 2 is 1.91 bits per heavy atom. The van der Waals surface area contributed by atoms with Crippen LogP contribution in [0.5, 0.6) is 5.75 Å². The zero-order valence-corrected chi connectivity index (χ0v) is 13.4. The largest absolute Gasteiger partial charge is 0.497 e. The Morgan fingerprint density at radius 1 is 1.18 bits per heavy atom. The minimum Gasteiger partial charge on any atom is -0.497 e. The third kappa shape index (κ3) is 2.90. The number of amidine groups is 1. The third-order valence-electron chi connectivity index (χ3n) is 3.68. The number of nitrogens with zero attached hydrogens (tertiary/aromatic N) is 3. The van der Waals surface area contributed by atoms with Gasteiger partial charge in [0.25, 0.3) is 0 Å². The van der Waals surface area contributed by atoms with E-state index in [-0.39, 0.29) is 17.7 Å². The quantitative estimate of drug-likeness (QED) is 0.933. The highest BCUT2D eigenvalue weighted by Gasteiger charge is 2.38. The third-order valence-corrected chi connectivity index (χ3v) is 3.68. The van der Waals surface area contributed by atoms with Crippen LogP contribution in [0.3, 0.4) is 0 Å². The van der Waals surface area contributed by atoms with E-state index >= 15 is 0 Å². The highest BCUT2D eigenvalue weighted by atomic mass is 16.5. The molecule has 0 spiro atoms. The van der Waals surface area contributed by atoms with Gasteiger partial charge in [0.15, 0.2) is 0 Å². The fourth-order valence-corrected chi connectivity index (χ4v) is 2.71. The van der Waals surface area contributed by atoms with Gasteiger partial charge in [0, 0.05) is 17.9 Å². The maximum absolute atomic E-state index is 5.24. The number of hydrogen-bond donors (Lipinski definition) is 1. The lowest BCUT2D eigenvalue weighted by molar-refractivity contribution is 0.247. The summed E-state index contributed by atoms with van der Waals surface area (Å²) in [5, 5.41) is 3.66. The van der Waals surface area contributed by atoms with Crippen LogP contribution in [0.1, 0.15) is 32.4 Å². The molecule has 2 heterocycles. The summed E-state index contributed by atoms with van der Waals surface area (Å²) in [5.74, 6) is 1.75. The summed E-state index contributed by atoms with van der Waals surface area (Å²) >= 11 is 0. The number of methoxy groups -OCH3 is 1. The summed E-state index contributed by atoms with van der Waals surface area (Å²) in [4.78, 5) is 11.2. The lowest BCUT2D eigenvalue weighted by Gasteiger charge is -2.34. The first-order valence-electron chi connectivity index (χ1n) is 7.45. The molecule has 0 bridgehead atoms. The van der Waals surface area contributed by atoms with Crippen LogP contribution in [0, 0.1) is 0 Å². The molecular formula is C17H22N4O. The number of fused-ring (bicyclic) bond motifs is 1. The van der Waals surface area contributed by atoms with E-state index in [1.54, 1.807) is 19.5 Å². The Labute approximate surface area is 131 Å². The van der Waals surface area contributed by atoms with E-state index in [4.69, 9.17) is 9.73 Å². The molecule has 116 valence electrons. The first-order chi connectivity index (χ1) is 10.5. The molecule has 5 nitrogen and oxygen atoms in total. The Balaban J connectivity index is 1.93. The van der Waals surface area contributed by atoms with Gasteiger partial charge in [-0.2, -0.15) is 0 Å². The first-order valence-corrected chi connectivity index (χ1v) is 7.45. The summed E-state index contributed by atoms with van der Waals surface area (Å²) < 4.78 is 5.24. The highest BCUT2D eigenvalue weighted by Crippen LogP contribution is 2.32. The molecule has 0 saturated carbocycles. The van der Waals surface area contributed by atoms with E-state index in [1.807, 2.05) is 18.3 Å². The molecule has 0 aromatic heterocycles. The van der Waals surface area contributed by atoms with Crippen molar-refractivity contribution in [3.8, 4) is 5.75 Å². The fraction of sp³-hybridized carbons (Fsp3) is 0.412. The van der Waals surface area contributed by atoms with Crippen molar-refractivity contribution in [3.63, 3.8) is 0 Å². The summed E-state index contributed by atoms with van der Waals surface area (Å²) in [6, 6.07) is 8.12. The topological polar surface area (TPSA) is 49.2 Å². The number of aliphatic imine (C=N–C) groups is 2. The molecule has 0 fully saturated rings. The lowest BCUT2D eigenvalue weighted by atomic mass is 10.0. The van der Waals surface area contributed by atoms with E-state index in [2.05, 4.69) is 48.1 Å². The van der Waals surface area contributed by atoms with Gasteiger partial charge in [0.05, 0.1) is 13.3 Å². The smallest absolute Gasteiger partial charge is 0.148 e. The first kappa shape index (κ1) is 14.8. The monoisotopic (exact) mass is 298 g/mol. The van der Waals surface area contributed by atoms with Gasteiger partial charge in [0.1, 0.15) is 23.8 Å². The van der Waals surface area contributed by atoms with Gasteiger partial charge < -0.3 is 9.64 Å². The van der Waals surface area contributed by atoms with Crippen molar-refractivity contribution in [2.75, 3.05) is 7.11 Å². The predicted molar refractivity (Wildman–Crippen MR) is 89.3 cm³/mol. The molecule has 22 heavy (non-hydrogen) atoms. The number of ether oxygens (including phenoxy) is 1. The van der Waals surface area contributed by atoms with Crippen molar-refractivity contribution >= 4 is 12.1 Å². The van der Waals surface area contributed by atoms with Gasteiger partial charge in [-0.3, -0.25) is 15.3 Å². The SMILES string of the molecule is COc1ccc(C2N=C3C=NC=CN3C2NC(C)(C)C)cc1. The molecule has 2 aliphatic rings. The molecule has 2 unspecified atom stereocenters. The molecule has 3 rings (SSSR count). The Kier molecular flexibility index (Phi) is 3.74. The molecule has 5 heteroatoms. The number of nitrogens with one attached hydrogen (secondary N) is 1. The Hall–Kier alpha value is -2.14. The molecule has 1 aromatic carbocycles. The highest BCUT2D eigenvalue weighted by molar-refractivity contribution is 6.31.